The standard InChI is InChI=1S/C17H22N2O/c1-12(2)14-5-4-13(3)17(8-14)20-10-16-9-18-11-19(16)15-6-7-15/h4-5,8-9,11-12,15H,6-7,10H2,1-3H3. The molecule has 0 unspecified atom stereocenters. The number of hydrogen-bond acceptors (Lipinski definition) is 2. The Morgan fingerprint density at radius 3 is 2.85 bits per heavy atom. The van der Waals surface area contributed by atoms with E-state index in [1.54, 1.807) is 0 Å². The molecule has 106 valence electrons. The second-order valence-corrected chi connectivity index (χ2v) is 5.99. The average Bonchev–Trinajstić information content (AvgIpc) is 3.17. The molecule has 20 heavy (non-hydrogen) atoms. The summed E-state index contributed by atoms with van der Waals surface area (Å²) in [6.45, 7) is 7.10. The molecule has 1 aromatic heterocycles. The van der Waals surface area contributed by atoms with E-state index in [2.05, 4.69) is 48.5 Å². The van der Waals surface area contributed by atoms with Crippen LogP contribution in [-0.4, -0.2) is 9.55 Å². The van der Waals surface area contributed by atoms with Gasteiger partial charge in [-0.3, -0.25) is 0 Å². The number of imidazole rings is 1. The minimum absolute atomic E-state index is 0.523. The van der Waals surface area contributed by atoms with Crippen molar-refractivity contribution in [3.63, 3.8) is 0 Å². The molecule has 0 atom stereocenters. The van der Waals surface area contributed by atoms with Crippen LogP contribution in [0.4, 0.5) is 0 Å². The van der Waals surface area contributed by atoms with Gasteiger partial charge >= 0.3 is 0 Å². The largest absolute Gasteiger partial charge is 0.487 e. The fourth-order valence-electron chi connectivity index (χ4n) is 2.41. The number of aryl methyl sites for hydroxylation is 1. The molecule has 0 aliphatic heterocycles. The summed E-state index contributed by atoms with van der Waals surface area (Å²) in [4.78, 5) is 4.25. The maximum atomic E-state index is 6.03. The Kier molecular flexibility index (Phi) is 3.51. The highest BCUT2D eigenvalue weighted by atomic mass is 16.5. The molecular formula is C17H22N2O. The predicted octanol–water partition coefficient (Wildman–Crippen LogP) is 4.23. The Hall–Kier alpha value is -1.77. The van der Waals surface area contributed by atoms with E-state index in [0.29, 0.717) is 18.6 Å². The Balaban J connectivity index is 1.74. The molecule has 3 rings (SSSR count). The van der Waals surface area contributed by atoms with Crippen LogP contribution in [0.2, 0.25) is 0 Å². The Labute approximate surface area is 120 Å². The van der Waals surface area contributed by atoms with Crippen LogP contribution in [-0.2, 0) is 6.61 Å². The third-order valence-corrected chi connectivity index (χ3v) is 3.94. The molecule has 1 fully saturated rings. The molecule has 0 spiro atoms. The smallest absolute Gasteiger partial charge is 0.130 e. The van der Waals surface area contributed by atoms with Gasteiger partial charge in [-0.1, -0.05) is 26.0 Å². The Morgan fingerprint density at radius 1 is 1.35 bits per heavy atom. The summed E-state index contributed by atoms with van der Waals surface area (Å²) in [6.07, 6.45) is 6.38. The SMILES string of the molecule is Cc1ccc(C(C)C)cc1OCc1cncn1C1CC1. The van der Waals surface area contributed by atoms with Gasteiger partial charge in [-0.05, 0) is 42.9 Å². The molecule has 1 aromatic carbocycles. The molecule has 0 N–H and O–H groups in total. The molecule has 1 aliphatic carbocycles. The normalized spacial score (nSPS) is 14.8. The second kappa shape index (κ2) is 5.31. The van der Waals surface area contributed by atoms with Gasteiger partial charge in [-0.15, -0.1) is 0 Å². The fraction of sp³-hybridized carbons (Fsp3) is 0.471. The number of ether oxygens (including phenoxy) is 1. The van der Waals surface area contributed by atoms with Crippen molar-refractivity contribution in [2.24, 2.45) is 0 Å². The van der Waals surface area contributed by atoms with E-state index in [9.17, 15) is 0 Å². The van der Waals surface area contributed by atoms with Gasteiger partial charge in [-0.2, -0.15) is 0 Å². The molecule has 0 bridgehead atoms. The molecule has 0 radical (unpaired) electrons. The van der Waals surface area contributed by atoms with Crippen LogP contribution in [0.1, 0.15) is 55.5 Å². The molecule has 3 heteroatoms. The maximum absolute atomic E-state index is 6.03. The zero-order valence-electron chi connectivity index (χ0n) is 12.5. The molecule has 1 saturated carbocycles. The van der Waals surface area contributed by atoms with Crippen LogP contribution in [0, 0.1) is 6.92 Å². The summed E-state index contributed by atoms with van der Waals surface area (Å²) < 4.78 is 8.28. The van der Waals surface area contributed by atoms with Crippen molar-refractivity contribution in [3.8, 4) is 5.75 Å². The molecule has 2 aromatic rings. The Morgan fingerprint density at radius 2 is 2.15 bits per heavy atom. The quantitative estimate of drug-likeness (QED) is 0.813. The molecule has 0 saturated heterocycles. The summed E-state index contributed by atoms with van der Waals surface area (Å²) in [5.74, 6) is 1.51. The lowest BCUT2D eigenvalue weighted by atomic mass is 10.0. The molecular weight excluding hydrogens is 248 g/mol. The summed E-state index contributed by atoms with van der Waals surface area (Å²) in [7, 11) is 0. The van der Waals surface area contributed by atoms with E-state index in [1.807, 2.05) is 12.5 Å². The van der Waals surface area contributed by atoms with Gasteiger partial charge in [0.1, 0.15) is 12.4 Å². The Bertz CT molecular complexity index is 597. The molecule has 1 aliphatic rings. The second-order valence-electron chi connectivity index (χ2n) is 5.99. The van der Waals surface area contributed by atoms with E-state index < -0.39 is 0 Å². The third-order valence-electron chi connectivity index (χ3n) is 3.94. The molecule has 3 nitrogen and oxygen atoms in total. The van der Waals surface area contributed by atoms with E-state index in [4.69, 9.17) is 4.74 Å². The van der Waals surface area contributed by atoms with Crippen molar-refractivity contribution in [2.75, 3.05) is 0 Å². The van der Waals surface area contributed by atoms with E-state index in [0.717, 1.165) is 5.75 Å². The first-order chi connectivity index (χ1) is 9.65. The first kappa shape index (κ1) is 13.2. The zero-order valence-corrected chi connectivity index (χ0v) is 12.5. The van der Waals surface area contributed by atoms with Crippen molar-refractivity contribution < 1.29 is 4.74 Å². The minimum atomic E-state index is 0.523. The van der Waals surface area contributed by atoms with Crippen molar-refractivity contribution in [2.45, 2.75) is 52.2 Å². The number of nitrogens with zero attached hydrogens (tertiary/aromatic N) is 2. The van der Waals surface area contributed by atoms with Crippen molar-refractivity contribution in [1.29, 1.82) is 0 Å². The van der Waals surface area contributed by atoms with Gasteiger partial charge < -0.3 is 9.30 Å². The zero-order chi connectivity index (χ0) is 14.1. The topological polar surface area (TPSA) is 27.1 Å². The lowest BCUT2D eigenvalue weighted by Gasteiger charge is -2.13. The highest BCUT2D eigenvalue weighted by molar-refractivity contribution is 5.37. The maximum Gasteiger partial charge on any atom is 0.130 e. The van der Waals surface area contributed by atoms with Crippen LogP contribution in [0.15, 0.2) is 30.7 Å². The van der Waals surface area contributed by atoms with E-state index in [-0.39, 0.29) is 0 Å². The van der Waals surface area contributed by atoms with Gasteiger partial charge in [0.05, 0.1) is 18.2 Å². The summed E-state index contributed by atoms with van der Waals surface area (Å²) in [6, 6.07) is 7.14. The average molecular weight is 270 g/mol. The third kappa shape index (κ3) is 2.72. The number of rotatable bonds is 5. The summed E-state index contributed by atoms with van der Waals surface area (Å²) in [5.41, 5.74) is 3.68. The lowest BCUT2D eigenvalue weighted by Crippen LogP contribution is -2.04. The van der Waals surface area contributed by atoms with E-state index >= 15 is 0 Å². The highest BCUT2D eigenvalue weighted by Gasteiger charge is 2.25. The lowest BCUT2D eigenvalue weighted by molar-refractivity contribution is 0.292. The molecule has 0 amide bonds. The highest BCUT2D eigenvalue weighted by Crippen LogP contribution is 2.36. The van der Waals surface area contributed by atoms with Crippen LogP contribution in [0.25, 0.3) is 0 Å². The first-order valence-electron chi connectivity index (χ1n) is 7.39. The van der Waals surface area contributed by atoms with Gasteiger partial charge in [0.2, 0.25) is 0 Å². The summed E-state index contributed by atoms with van der Waals surface area (Å²) >= 11 is 0. The monoisotopic (exact) mass is 270 g/mol. The van der Waals surface area contributed by atoms with Crippen LogP contribution in [0.3, 0.4) is 0 Å². The minimum Gasteiger partial charge on any atom is -0.487 e. The van der Waals surface area contributed by atoms with E-state index in [1.165, 1.54) is 29.7 Å². The van der Waals surface area contributed by atoms with Crippen molar-refractivity contribution in [3.05, 3.63) is 47.5 Å². The van der Waals surface area contributed by atoms with Gasteiger partial charge in [0, 0.05) is 6.04 Å². The number of aromatic nitrogens is 2. The fourth-order valence-corrected chi connectivity index (χ4v) is 2.41. The van der Waals surface area contributed by atoms with Crippen LogP contribution < -0.4 is 4.74 Å². The van der Waals surface area contributed by atoms with Crippen molar-refractivity contribution >= 4 is 0 Å². The number of hydrogen-bond donors (Lipinski definition) is 0. The van der Waals surface area contributed by atoms with Crippen LogP contribution >= 0.6 is 0 Å². The number of benzene rings is 1. The predicted molar refractivity (Wildman–Crippen MR) is 80.1 cm³/mol. The van der Waals surface area contributed by atoms with Gasteiger partial charge in [0.25, 0.3) is 0 Å². The summed E-state index contributed by atoms with van der Waals surface area (Å²) in [5, 5.41) is 0. The molecule has 1 heterocycles. The first-order valence-corrected chi connectivity index (χ1v) is 7.39. The van der Waals surface area contributed by atoms with Crippen LogP contribution in [0.5, 0.6) is 5.75 Å². The van der Waals surface area contributed by atoms with Gasteiger partial charge in [0.15, 0.2) is 0 Å². The van der Waals surface area contributed by atoms with Crippen molar-refractivity contribution in [1.82, 2.24) is 9.55 Å². The van der Waals surface area contributed by atoms with Gasteiger partial charge in [-0.25, -0.2) is 4.98 Å².